The van der Waals surface area contributed by atoms with Crippen LogP contribution in [-0.2, 0) is 0 Å². The van der Waals surface area contributed by atoms with Crippen molar-refractivity contribution < 1.29 is 0 Å². The van der Waals surface area contributed by atoms with E-state index in [1.807, 2.05) is 0 Å². The van der Waals surface area contributed by atoms with Gasteiger partial charge in [0.2, 0.25) is 0 Å². The second kappa shape index (κ2) is 2.91. The second-order valence-electron chi connectivity index (χ2n) is 4.49. The summed E-state index contributed by atoms with van der Waals surface area (Å²) in [5.74, 6) is 0. The average molecular weight is 185 g/mol. The Morgan fingerprint density at radius 1 is 1.33 bits per heavy atom. The number of hydrogen-bond donors (Lipinski definition) is 0. The standard InChI is InChI=1S/C10H19NS/c1-8-6-9(2)11(8)7-10(12-3)4-5-10/h8-9H,4-7H2,1-3H3. The van der Waals surface area contributed by atoms with Gasteiger partial charge >= 0.3 is 0 Å². The molecule has 2 fully saturated rings. The molecule has 0 amide bonds. The predicted molar refractivity (Wildman–Crippen MR) is 55.7 cm³/mol. The zero-order chi connectivity index (χ0) is 8.77. The van der Waals surface area contributed by atoms with Gasteiger partial charge < -0.3 is 0 Å². The van der Waals surface area contributed by atoms with Crippen LogP contribution in [0.2, 0.25) is 0 Å². The van der Waals surface area contributed by atoms with Gasteiger partial charge in [0.05, 0.1) is 0 Å². The lowest BCUT2D eigenvalue weighted by Crippen LogP contribution is -2.55. The second-order valence-corrected chi connectivity index (χ2v) is 5.77. The molecule has 0 spiro atoms. The highest BCUT2D eigenvalue weighted by atomic mass is 32.2. The van der Waals surface area contributed by atoms with Crippen LogP contribution >= 0.6 is 11.8 Å². The molecule has 1 nitrogen and oxygen atoms in total. The summed E-state index contributed by atoms with van der Waals surface area (Å²) in [5, 5.41) is 0. The first-order chi connectivity index (χ1) is 5.67. The van der Waals surface area contributed by atoms with Gasteiger partial charge in [0, 0.05) is 23.4 Å². The van der Waals surface area contributed by atoms with Crippen molar-refractivity contribution in [2.24, 2.45) is 0 Å². The first-order valence-corrected chi connectivity index (χ1v) is 6.20. The first-order valence-electron chi connectivity index (χ1n) is 4.98. The first kappa shape index (κ1) is 8.89. The molecule has 0 N–H and O–H groups in total. The van der Waals surface area contributed by atoms with Crippen molar-refractivity contribution in [2.75, 3.05) is 12.8 Å². The molecule has 2 heteroatoms. The Morgan fingerprint density at radius 3 is 2.25 bits per heavy atom. The van der Waals surface area contributed by atoms with Gasteiger partial charge in [-0.2, -0.15) is 11.8 Å². The zero-order valence-electron chi connectivity index (χ0n) is 8.34. The SMILES string of the molecule is CSC1(CN2C(C)CC2C)CC1. The lowest BCUT2D eigenvalue weighted by Gasteiger charge is -2.47. The van der Waals surface area contributed by atoms with E-state index in [-0.39, 0.29) is 0 Å². The van der Waals surface area contributed by atoms with Gasteiger partial charge in [-0.25, -0.2) is 0 Å². The van der Waals surface area contributed by atoms with Crippen molar-refractivity contribution in [3.63, 3.8) is 0 Å². The molecule has 0 aromatic rings. The third-order valence-corrected chi connectivity index (χ3v) is 4.93. The van der Waals surface area contributed by atoms with Crippen LogP contribution in [-0.4, -0.2) is 34.5 Å². The maximum absolute atomic E-state index is 2.67. The predicted octanol–water partition coefficient (Wildman–Crippen LogP) is 2.36. The van der Waals surface area contributed by atoms with E-state index in [9.17, 15) is 0 Å². The van der Waals surface area contributed by atoms with E-state index in [0.29, 0.717) is 4.75 Å². The zero-order valence-corrected chi connectivity index (χ0v) is 9.16. The van der Waals surface area contributed by atoms with Gasteiger partial charge in [-0.3, -0.25) is 4.90 Å². The maximum atomic E-state index is 2.67. The summed E-state index contributed by atoms with van der Waals surface area (Å²) in [6.07, 6.45) is 6.57. The molecule has 2 aliphatic rings. The van der Waals surface area contributed by atoms with Crippen LogP contribution in [0.1, 0.15) is 33.1 Å². The molecular weight excluding hydrogens is 166 g/mol. The third-order valence-electron chi connectivity index (χ3n) is 3.53. The average Bonchev–Trinajstić information content (AvgIpc) is 2.82. The summed E-state index contributed by atoms with van der Waals surface area (Å²) in [6, 6.07) is 1.70. The number of nitrogens with zero attached hydrogens (tertiary/aromatic N) is 1. The minimum Gasteiger partial charge on any atom is -0.296 e. The van der Waals surface area contributed by atoms with Crippen LogP contribution < -0.4 is 0 Å². The van der Waals surface area contributed by atoms with Crippen LogP contribution in [0, 0.1) is 0 Å². The molecule has 1 aliphatic heterocycles. The smallest absolute Gasteiger partial charge is 0.0285 e. The Balaban J connectivity index is 1.86. The molecule has 2 rings (SSSR count). The third kappa shape index (κ3) is 1.39. The van der Waals surface area contributed by atoms with Gasteiger partial charge in [-0.1, -0.05) is 0 Å². The van der Waals surface area contributed by atoms with E-state index in [2.05, 4.69) is 36.8 Å². The molecule has 70 valence electrons. The highest BCUT2D eigenvalue weighted by Gasteiger charge is 2.46. The summed E-state index contributed by atoms with van der Waals surface area (Å²) >= 11 is 2.08. The van der Waals surface area contributed by atoms with Gasteiger partial charge in [0.25, 0.3) is 0 Å². The minimum absolute atomic E-state index is 0.670. The largest absolute Gasteiger partial charge is 0.296 e. The number of rotatable bonds is 3. The topological polar surface area (TPSA) is 3.24 Å². The van der Waals surface area contributed by atoms with Crippen molar-refractivity contribution in [1.29, 1.82) is 0 Å². The van der Waals surface area contributed by atoms with E-state index >= 15 is 0 Å². The Bertz CT molecular complexity index is 169. The van der Waals surface area contributed by atoms with Crippen molar-refractivity contribution in [2.45, 2.75) is 49.9 Å². The van der Waals surface area contributed by atoms with Crippen LogP contribution in [0.3, 0.4) is 0 Å². The fourth-order valence-corrected chi connectivity index (χ4v) is 3.06. The highest BCUT2D eigenvalue weighted by Crippen LogP contribution is 2.49. The van der Waals surface area contributed by atoms with Gasteiger partial charge in [0.1, 0.15) is 0 Å². The highest BCUT2D eigenvalue weighted by molar-refractivity contribution is 8.00. The number of thioether (sulfide) groups is 1. The molecule has 2 atom stereocenters. The van der Waals surface area contributed by atoms with Gasteiger partial charge in [-0.15, -0.1) is 0 Å². The molecule has 12 heavy (non-hydrogen) atoms. The summed E-state index contributed by atoms with van der Waals surface area (Å²) in [6.45, 7) is 6.06. The molecule has 0 bridgehead atoms. The van der Waals surface area contributed by atoms with E-state index < -0.39 is 0 Å². The lowest BCUT2D eigenvalue weighted by atomic mass is 9.95. The van der Waals surface area contributed by atoms with Crippen molar-refractivity contribution in [1.82, 2.24) is 4.90 Å². The van der Waals surface area contributed by atoms with Crippen molar-refractivity contribution in [3.05, 3.63) is 0 Å². The number of hydrogen-bond acceptors (Lipinski definition) is 2. The minimum atomic E-state index is 0.670. The van der Waals surface area contributed by atoms with E-state index in [4.69, 9.17) is 0 Å². The van der Waals surface area contributed by atoms with Crippen LogP contribution in [0.4, 0.5) is 0 Å². The molecular formula is C10H19NS. The van der Waals surface area contributed by atoms with Gasteiger partial charge in [-0.05, 0) is 39.4 Å². The van der Waals surface area contributed by atoms with Crippen LogP contribution in [0.25, 0.3) is 0 Å². The van der Waals surface area contributed by atoms with E-state index in [0.717, 1.165) is 12.1 Å². The van der Waals surface area contributed by atoms with E-state index in [1.165, 1.54) is 25.8 Å². The van der Waals surface area contributed by atoms with Gasteiger partial charge in [0.15, 0.2) is 0 Å². The lowest BCUT2D eigenvalue weighted by molar-refractivity contribution is 0.0368. The summed E-state index contributed by atoms with van der Waals surface area (Å²) in [7, 11) is 0. The summed E-state index contributed by atoms with van der Waals surface area (Å²) in [4.78, 5) is 2.67. The van der Waals surface area contributed by atoms with Crippen LogP contribution in [0.5, 0.6) is 0 Å². The molecule has 1 aliphatic carbocycles. The summed E-state index contributed by atoms with van der Waals surface area (Å²) in [5.41, 5.74) is 0. The Kier molecular flexibility index (Phi) is 2.16. The fraction of sp³-hybridized carbons (Fsp3) is 1.00. The molecule has 0 aromatic carbocycles. The van der Waals surface area contributed by atoms with Crippen molar-refractivity contribution >= 4 is 11.8 Å². The summed E-state index contributed by atoms with van der Waals surface area (Å²) < 4.78 is 0.670. The quantitative estimate of drug-likeness (QED) is 0.664. The monoisotopic (exact) mass is 185 g/mol. The molecule has 2 unspecified atom stereocenters. The van der Waals surface area contributed by atoms with E-state index in [1.54, 1.807) is 0 Å². The molecule has 1 heterocycles. The fourth-order valence-electron chi connectivity index (χ4n) is 2.27. The number of likely N-dealkylation sites (tertiary alicyclic amines) is 1. The normalized spacial score (nSPS) is 39.2. The Hall–Kier alpha value is 0.310. The molecule has 1 saturated carbocycles. The molecule has 0 aromatic heterocycles. The molecule has 0 radical (unpaired) electrons. The maximum Gasteiger partial charge on any atom is 0.0285 e. The Labute approximate surface area is 79.9 Å². The van der Waals surface area contributed by atoms with Crippen molar-refractivity contribution in [3.8, 4) is 0 Å². The Morgan fingerprint density at radius 2 is 1.92 bits per heavy atom. The van der Waals surface area contributed by atoms with Crippen LogP contribution in [0.15, 0.2) is 0 Å². The molecule has 1 saturated heterocycles.